The molecule has 0 aliphatic carbocycles. The predicted octanol–water partition coefficient (Wildman–Crippen LogP) is 2.82. The van der Waals surface area contributed by atoms with Crippen molar-refractivity contribution in [1.29, 1.82) is 5.26 Å². The van der Waals surface area contributed by atoms with Gasteiger partial charge in [0.2, 0.25) is 0 Å². The minimum absolute atomic E-state index is 0.0368. The Morgan fingerprint density at radius 1 is 1.56 bits per heavy atom. The van der Waals surface area contributed by atoms with Crippen LogP contribution in [0.3, 0.4) is 0 Å². The number of benzene rings is 1. The molecule has 1 rings (SSSR count). The number of halogens is 1. The van der Waals surface area contributed by atoms with E-state index < -0.39 is 0 Å². The van der Waals surface area contributed by atoms with E-state index in [2.05, 4.69) is 26.9 Å². The molecule has 3 nitrogen and oxygen atoms in total. The Labute approximate surface area is 105 Å². The molecule has 86 valence electrons. The maximum atomic E-state index is 8.54. The summed E-state index contributed by atoms with van der Waals surface area (Å²) in [6.07, 6.45) is 0.526. The lowest BCUT2D eigenvalue weighted by Crippen LogP contribution is -2.18. The zero-order valence-electron chi connectivity index (χ0n) is 9.57. The molecule has 0 spiro atoms. The minimum Gasteiger partial charge on any atom is -0.373 e. The average Bonchev–Trinajstić information content (AvgIpc) is 2.25. The molecule has 0 saturated carbocycles. The Bertz CT molecular complexity index is 396. The highest BCUT2D eigenvalue weighted by atomic mass is 79.9. The summed E-state index contributed by atoms with van der Waals surface area (Å²) in [5.74, 6) is 0. The van der Waals surface area contributed by atoms with Gasteiger partial charge in [0.25, 0.3) is 0 Å². The maximum absolute atomic E-state index is 8.54. The second-order valence-electron chi connectivity index (χ2n) is 3.83. The van der Waals surface area contributed by atoms with Crippen LogP contribution in [0.2, 0.25) is 0 Å². The molecule has 2 N–H and O–H groups in total. The monoisotopic (exact) mass is 281 g/mol. The van der Waals surface area contributed by atoms with E-state index in [1.54, 1.807) is 0 Å². The highest BCUT2D eigenvalue weighted by Crippen LogP contribution is 2.28. The number of hydrogen-bond acceptors (Lipinski definition) is 3. The zero-order chi connectivity index (χ0) is 12.1. The summed E-state index contributed by atoms with van der Waals surface area (Å²) >= 11 is 3.53. The Balaban J connectivity index is 2.86. The number of rotatable bonds is 4. The first-order valence-electron chi connectivity index (χ1n) is 5.19. The molecule has 1 atom stereocenters. The molecule has 0 radical (unpaired) electrons. The smallest absolute Gasteiger partial charge is 0.0640 e. The Morgan fingerprint density at radius 3 is 2.75 bits per heavy atom. The molecular formula is C12H16BrN3. The quantitative estimate of drug-likeness (QED) is 0.923. The van der Waals surface area contributed by atoms with E-state index in [1.165, 1.54) is 0 Å². The van der Waals surface area contributed by atoms with Gasteiger partial charge in [0.15, 0.2) is 0 Å². The number of nitrogens with two attached hydrogens (primary N) is 1. The first-order chi connectivity index (χ1) is 7.56. The third-order valence-electron chi connectivity index (χ3n) is 2.47. The normalized spacial score (nSPS) is 11.9. The molecule has 0 aliphatic heterocycles. The fourth-order valence-electron chi connectivity index (χ4n) is 1.45. The molecule has 1 unspecified atom stereocenters. The number of nitrogens with zero attached hydrogens (tertiary/aromatic N) is 2. The van der Waals surface area contributed by atoms with Gasteiger partial charge >= 0.3 is 0 Å². The molecule has 0 aromatic heterocycles. The fourth-order valence-corrected chi connectivity index (χ4v) is 2.15. The lowest BCUT2D eigenvalue weighted by Gasteiger charge is -2.20. The summed E-state index contributed by atoms with van der Waals surface area (Å²) in [6.45, 7) is 2.69. The predicted molar refractivity (Wildman–Crippen MR) is 70.2 cm³/mol. The van der Waals surface area contributed by atoms with Gasteiger partial charge in [-0.25, -0.2) is 0 Å². The molecule has 4 heteroatoms. The summed E-state index contributed by atoms with van der Waals surface area (Å²) in [7, 11) is 1.98. The maximum Gasteiger partial charge on any atom is 0.0640 e. The van der Waals surface area contributed by atoms with Crippen LogP contribution in [-0.2, 0) is 0 Å². The van der Waals surface area contributed by atoms with E-state index in [0.29, 0.717) is 6.42 Å². The van der Waals surface area contributed by atoms with Gasteiger partial charge in [-0.3, -0.25) is 0 Å². The van der Waals surface area contributed by atoms with Crippen LogP contribution >= 0.6 is 15.9 Å². The van der Waals surface area contributed by atoms with Gasteiger partial charge in [0.05, 0.1) is 18.2 Å². The van der Waals surface area contributed by atoms with Gasteiger partial charge in [0.1, 0.15) is 0 Å². The Hall–Kier alpha value is -1.05. The molecule has 16 heavy (non-hydrogen) atoms. The lowest BCUT2D eigenvalue weighted by molar-refractivity contribution is 0.816. The van der Waals surface area contributed by atoms with Crippen LogP contribution in [0.15, 0.2) is 22.7 Å². The molecule has 0 saturated heterocycles. The fraction of sp³-hybridized carbons (Fsp3) is 0.417. The topological polar surface area (TPSA) is 53.0 Å². The van der Waals surface area contributed by atoms with Crippen LogP contribution in [0.4, 0.5) is 5.69 Å². The first kappa shape index (κ1) is 13.0. The summed E-state index contributed by atoms with van der Waals surface area (Å²) in [5.41, 5.74) is 8.00. The van der Waals surface area contributed by atoms with Gasteiger partial charge in [-0.05, 0) is 40.5 Å². The molecule has 0 heterocycles. The van der Waals surface area contributed by atoms with Gasteiger partial charge in [0, 0.05) is 24.1 Å². The summed E-state index contributed by atoms with van der Waals surface area (Å²) in [4.78, 5) is 2.05. The largest absolute Gasteiger partial charge is 0.373 e. The van der Waals surface area contributed by atoms with Crippen molar-refractivity contribution in [3.05, 3.63) is 28.2 Å². The van der Waals surface area contributed by atoms with Gasteiger partial charge in [-0.2, -0.15) is 5.26 Å². The molecule has 1 aromatic rings. The number of nitriles is 1. The standard InChI is InChI=1S/C12H16BrN3/c1-9(15)10-4-5-12(11(13)8-10)16(2)7-3-6-14/h4-5,8-9H,3,7,15H2,1-2H3. The molecule has 0 fully saturated rings. The van der Waals surface area contributed by atoms with Crippen molar-refractivity contribution in [2.45, 2.75) is 19.4 Å². The third-order valence-corrected chi connectivity index (χ3v) is 3.10. The van der Waals surface area contributed by atoms with Gasteiger partial charge in [-0.1, -0.05) is 6.07 Å². The van der Waals surface area contributed by atoms with Crippen LogP contribution in [0.1, 0.15) is 24.9 Å². The van der Waals surface area contributed by atoms with E-state index in [0.717, 1.165) is 22.3 Å². The molecule has 0 aliphatic rings. The van der Waals surface area contributed by atoms with E-state index in [9.17, 15) is 0 Å². The molecule has 0 amide bonds. The summed E-state index contributed by atoms with van der Waals surface area (Å²) in [6, 6.07) is 8.26. The number of anilines is 1. The van der Waals surface area contributed by atoms with E-state index in [-0.39, 0.29) is 6.04 Å². The van der Waals surface area contributed by atoms with Crippen molar-refractivity contribution >= 4 is 21.6 Å². The summed E-state index contributed by atoms with van der Waals surface area (Å²) in [5, 5.41) is 8.54. The van der Waals surface area contributed by atoms with Crippen LogP contribution in [-0.4, -0.2) is 13.6 Å². The van der Waals surface area contributed by atoms with E-state index in [1.807, 2.05) is 32.2 Å². The van der Waals surface area contributed by atoms with Crippen molar-refractivity contribution in [3.63, 3.8) is 0 Å². The van der Waals surface area contributed by atoms with E-state index >= 15 is 0 Å². The zero-order valence-corrected chi connectivity index (χ0v) is 11.2. The summed E-state index contributed by atoms with van der Waals surface area (Å²) < 4.78 is 1.02. The van der Waals surface area contributed by atoms with Crippen LogP contribution in [0, 0.1) is 11.3 Å². The average molecular weight is 282 g/mol. The molecular weight excluding hydrogens is 266 g/mol. The second kappa shape index (κ2) is 5.88. The van der Waals surface area contributed by atoms with Gasteiger partial charge in [-0.15, -0.1) is 0 Å². The Morgan fingerprint density at radius 2 is 2.25 bits per heavy atom. The lowest BCUT2D eigenvalue weighted by atomic mass is 10.1. The highest BCUT2D eigenvalue weighted by molar-refractivity contribution is 9.10. The molecule has 0 bridgehead atoms. The second-order valence-corrected chi connectivity index (χ2v) is 4.68. The Kier molecular flexibility index (Phi) is 4.78. The SMILES string of the molecule is CC(N)c1ccc(N(C)CCC#N)c(Br)c1. The van der Waals surface area contributed by atoms with Crippen LogP contribution < -0.4 is 10.6 Å². The van der Waals surface area contributed by atoms with E-state index in [4.69, 9.17) is 11.0 Å². The molecule has 1 aromatic carbocycles. The highest BCUT2D eigenvalue weighted by Gasteiger charge is 2.07. The van der Waals surface area contributed by atoms with Gasteiger partial charge < -0.3 is 10.6 Å². The van der Waals surface area contributed by atoms with Crippen LogP contribution in [0.25, 0.3) is 0 Å². The van der Waals surface area contributed by atoms with Crippen molar-refractivity contribution in [2.75, 3.05) is 18.5 Å². The van der Waals surface area contributed by atoms with Crippen molar-refractivity contribution in [1.82, 2.24) is 0 Å². The minimum atomic E-state index is 0.0368. The van der Waals surface area contributed by atoms with Crippen LogP contribution in [0.5, 0.6) is 0 Å². The van der Waals surface area contributed by atoms with Crippen molar-refractivity contribution in [3.8, 4) is 6.07 Å². The van der Waals surface area contributed by atoms with Crippen molar-refractivity contribution < 1.29 is 0 Å². The first-order valence-corrected chi connectivity index (χ1v) is 5.98. The van der Waals surface area contributed by atoms with Crippen molar-refractivity contribution in [2.24, 2.45) is 5.73 Å². The third kappa shape index (κ3) is 3.22. The number of hydrogen-bond donors (Lipinski definition) is 1.